The van der Waals surface area contributed by atoms with E-state index >= 15 is 0 Å². The number of aromatic nitrogens is 2. The van der Waals surface area contributed by atoms with Gasteiger partial charge in [0.2, 0.25) is 0 Å². The van der Waals surface area contributed by atoms with Gasteiger partial charge in [0.1, 0.15) is 0 Å². The molecule has 0 aliphatic rings. The molecule has 0 atom stereocenters. The Labute approximate surface area is 117 Å². The summed E-state index contributed by atoms with van der Waals surface area (Å²) in [7, 11) is 0. The second kappa shape index (κ2) is 4.63. The van der Waals surface area contributed by atoms with E-state index in [-0.39, 0.29) is 5.69 Å². The van der Waals surface area contributed by atoms with Crippen molar-refractivity contribution >= 4 is 10.9 Å². The minimum absolute atomic E-state index is 0.266. The summed E-state index contributed by atoms with van der Waals surface area (Å²) in [5, 5.41) is 13.7. The van der Waals surface area contributed by atoms with Gasteiger partial charge in [0.25, 0.3) is 0 Å². The van der Waals surface area contributed by atoms with Crippen LogP contribution < -0.4 is 0 Å². The molecule has 0 unspecified atom stereocenters. The van der Waals surface area contributed by atoms with Crippen molar-refractivity contribution in [2.75, 3.05) is 0 Å². The second-order valence-electron chi connectivity index (χ2n) is 4.45. The summed E-state index contributed by atoms with van der Waals surface area (Å²) >= 11 is 0. The third-order valence-corrected chi connectivity index (χ3v) is 3.15. The number of rotatable bonds is 1. The first-order valence-corrected chi connectivity index (χ1v) is 6.05. The van der Waals surface area contributed by atoms with Gasteiger partial charge in [0.05, 0.1) is 34.6 Å². The number of alkyl halides is 3. The lowest BCUT2D eigenvalue weighted by atomic mass is 10.1. The van der Waals surface area contributed by atoms with Gasteiger partial charge in [-0.3, -0.25) is 0 Å². The van der Waals surface area contributed by atoms with Gasteiger partial charge in [-0.15, -0.1) is 0 Å². The van der Waals surface area contributed by atoms with Gasteiger partial charge in [-0.1, -0.05) is 18.2 Å². The summed E-state index contributed by atoms with van der Waals surface area (Å²) in [6, 6.07) is 12.3. The lowest BCUT2D eigenvalue weighted by molar-refractivity contribution is -0.137. The third-order valence-electron chi connectivity index (χ3n) is 3.15. The van der Waals surface area contributed by atoms with E-state index in [4.69, 9.17) is 5.26 Å². The van der Waals surface area contributed by atoms with Crippen molar-refractivity contribution in [3.05, 3.63) is 59.8 Å². The van der Waals surface area contributed by atoms with Gasteiger partial charge in [-0.2, -0.15) is 23.5 Å². The molecule has 0 radical (unpaired) electrons. The fraction of sp³-hybridized carbons (Fsp3) is 0.0667. The molecule has 2 aromatic carbocycles. The number of halogens is 3. The standard InChI is InChI=1S/C15H8F3N3/c16-15(17,18)13-7-12(6-5-10(13)8-19)21-14-4-2-1-3-11(14)9-20-21/h1-7,9H. The third kappa shape index (κ3) is 2.23. The number of hydrogen-bond acceptors (Lipinski definition) is 2. The van der Waals surface area contributed by atoms with Gasteiger partial charge in [0, 0.05) is 5.39 Å². The van der Waals surface area contributed by atoms with E-state index in [9.17, 15) is 13.2 Å². The lowest BCUT2D eigenvalue weighted by Crippen LogP contribution is -2.09. The molecule has 0 aliphatic carbocycles. The monoisotopic (exact) mass is 287 g/mol. The summed E-state index contributed by atoms with van der Waals surface area (Å²) in [5.74, 6) is 0. The Kier molecular flexibility index (Phi) is 2.91. The van der Waals surface area contributed by atoms with Crippen LogP contribution in [0.4, 0.5) is 13.2 Å². The van der Waals surface area contributed by atoms with Crippen LogP contribution >= 0.6 is 0 Å². The van der Waals surface area contributed by atoms with Crippen molar-refractivity contribution in [1.82, 2.24) is 9.78 Å². The summed E-state index contributed by atoms with van der Waals surface area (Å²) in [6.45, 7) is 0. The Balaban J connectivity index is 2.23. The number of fused-ring (bicyclic) bond motifs is 1. The molecule has 21 heavy (non-hydrogen) atoms. The molecule has 3 aromatic rings. The molecule has 6 heteroatoms. The highest BCUT2D eigenvalue weighted by atomic mass is 19.4. The molecule has 0 spiro atoms. The maximum atomic E-state index is 13.0. The van der Waals surface area contributed by atoms with Gasteiger partial charge in [-0.25, -0.2) is 4.68 Å². The van der Waals surface area contributed by atoms with Gasteiger partial charge in [0.15, 0.2) is 0 Å². The molecule has 1 aromatic heterocycles. The number of nitrogens with zero attached hydrogens (tertiary/aromatic N) is 3. The van der Waals surface area contributed by atoms with E-state index < -0.39 is 17.3 Å². The largest absolute Gasteiger partial charge is 0.417 e. The quantitative estimate of drug-likeness (QED) is 0.680. The van der Waals surface area contributed by atoms with Crippen molar-refractivity contribution in [3.63, 3.8) is 0 Å². The van der Waals surface area contributed by atoms with Crippen LogP contribution in [-0.4, -0.2) is 9.78 Å². The molecular weight excluding hydrogens is 279 g/mol. The summed E-state index contributed by atoms with van der Waals surface area (Å²) in [4.78, 5) is 0. The SMILES string of the molecule is N#Cc1ccc(-n2ncc3ccccc32)cc1C(F)(F)F. The zero-order valence-electron chi connectivity index (χ0n) is 10.6. The van der Waals surface area contributed by atoms with Crippen LogP contribution in [-0.2, 0) is 6.18 Å². The average Bonchev–Trinajstić information content (AvgIpc) is 2.89. The first-order chi connectivity index (χ1) is 10.0. The predicted molar refractivity (Wildman–Crippen MR) is 70.8 cm³/mol. The highest BCUT2D eigenvalue weighted by molar-refractivity contribution is 5.80. The predicted octanol–water partition coefficient (Wildman–Crippen LogP) is 3.92. The van der Waals surface area contributed by atoms with Crippen LogP contribution in [0.15, 0.2) is 48.7 Å². The number of para-hydroxylation sites is 1. The first-order valence-electron chi connectivity index (χ1n) is 6.05. The van der Waals surface area contributed by atoms with Crippen molar-refractivity contribution in [1.29, 1.82) is 5.26 Å². The normalized spacial score (nSPS) is 11.5. The molecule has 0 fully saturated rings. The molecule has 0 aliphatic heterocycles. The van der Waals surface area contributed by atoms with Gasteiger partial charge < -0.3 is 0 Å². The smallest absolute Gasteiger partial charge is 0.233 e. The maximum absolute atomic E-state index is 13.0. The molecule has 3 rings (SSSR count). The van der Waals surface area contributed by atoms with E-state index in [2.05, 4.69) is 5.10 Å². The van der Waals surface area contributed by atoms with E-state index in [1.165, 1.54) is 10.7 Å². The molecule has 0 saturated carbocycles. The Morgan fingerprint density at radius 1 is 1.10 bits per heavy atom. The highest BCUT2D eigenvalue weighted by Gasteiger charge is 2.34. The van der Waals surface area contributed by atoms with Crippen LogP contribution in [0.3, 0.4) is 0 Å². The Morgan fingerprint density at radius 2 is 1.86 bits per heavy atom. The van der Waals surface area contributed by atoms with Crippen LogP contribution in [0.2, 0.25) is 0 Å². The Morgan fingerprint density at radius 3 is 2.57 bits per heavy atom. The maximum Gasteiger partial charge on any atom is 0.417 e. The first kappa shape index (κ1) is 13.2. The summed E-state index contributed by atoms with van der Waals surface area (Å²) < 4.78 is 40.4. The van der Waals surface area contributed by atoms with Crippen molar-refractivity contribution in [2.45, 2.75) is 6.18 Å². The zero-order chi connectivity index (χ0) is 15.0. The van der Waals surface area contributed by atoms with Crippen LogP contribution in [0.5, 0.6) is 0 Å². The fourth-order valence-corrected chi connectivity index (χ4v) is 2.17. The summed E-state index contributed by atoms with van der Waals surface area (Å²) in [6.07, 6.45) is -3.00. The molecule has 3 nitrogen and oxygen atoms in total. The molecule has 0 amide bonds. The van der Waals surface area contributed by atoms with Crippen molar-refractivity contribution in [3.8, 4) is 11.8 Å². The highest BCUT2D eigenvalue weighted by Crippen LogP contribution is 2.33. The number of nitriles is 1. The Hall–Kier alpha value is -2.81. The van der Waals surface area contributed by atoms with Crippen LogP contribution in [0, 0.1) is 11.3 Å². The number of benzene rings is 2. The molecule has 104 valence electrons. The van der Waals surface area contributed by atoms with Crippen molar-refractivity contribution < 1.29 is 13.2 Å². The molecule has 0 saturated heterocycles. The molecular formula is C15H8F3N3. The van der Waals surface area contributed by atoms with Crippen LogP contribution in [0.25, 0.3) is 16.6 Å². The minimum atomic E-state index is -4.58. The fourth-order valence-electron chi connectivity index (χ4n) is 2.17. The van der Waals surface area contributed by atoms with Gasteiger partial charge >= 0.3 is 6.18 Å². The summed E-state index contributed by atoms with van der Waals surface area (Å²) in [5.41, 5.74) is -0.386. The second-order valence-corrected chi connectivity index (χ2v) is 4.45. The number of hydrogen-bond donors (Lipinski definition) is 0. The Bertz CT molecular complexity index is 856. The zero-order valence-corrected chi connectivity index (χ0v) is 10.6. The molecule has 0 bridgehead atoms. The van der Waals surface area contributed by atoms with E-state index in [0.717, 1.165) is 17.5 Å². The van der Waals surface area contributed by atoms with E-state index in [0.29, 0.717) is 5.52 Å². The van der Waals surface area contributed by atoms with E-state index in [1.54, 1.807) is 24.4 Å². The lowest BCUT2D eigenvalue weighted by Gasteiger charge is -2.11. The van der Waals surface area contributed by atoms with E-state index in [1.807, 2.05) is 12.1 Å². The average molecular weight is 287 g/mol. The minimum Gasteiger partial charge on any atom is -0.233 e. The van der Waals surface area contributed by atoms with Crippen LogP contribution in [0.1, 0.15) is 11.1 Å². The molecule has 0 N–H and O–H groups in total. The topological polar surface area (TPSA) is 41.6 Å². The van der Waals surface area contributed by atoms with Gasteiger partial charge in [-0.05, 0) is 24.3 Å². The van der Waals surface area contributed by atoms with Crippen molar-refractivity contribution in [2.24, 2.45) is 0 Å². The molecule has 1 heterocycles.